The van der Waals surface area contributed by atoms with Crippen LogP contribution in [0.5, 0.6) is 0 Å². The predicted octanol–water partition coefficient (Wildman–Crippen LogP) is 1.07. The van der Waals surface area contributed by atoms with E-state index in [9.17, 15) is 4.79 Å². The maximum absolute atomic E-state index is 12.8. The van der Waals surface area contributed by atoms with E-state index in [2.05, 4.69) is 18.7 Å². The number of ether oxygens (including phenoxy) is 1. The molecule has 2 N–H and O–H groups in total. The van der Waals surface area contributed by atoms with E-state index in [1.54, 1.807) is 0 Å². The first kappa shape index (κ1) is 16.7. The van der Waals surface area contributed by atoms with Gasteiger partial charge in [0.25, 0.3) is 0 Å². The number of hydrogen-bond donors (Lipinski definition) is 1. The number of rotatable bonds is 6. The first-order valence-corrected chi connectivity index (χ1v) is 8.48. The SMILES string of the molecule is CCC(CC)(CN)C(=O)N1CCN(CC2CCCO2)CC1. The highest BCUT2D eigenvalue weighted by molar-refractivity contribution is 5.83. The zero-order chi connectivity index (χ0) is 15.3. The van der Waals surface area contributed by atoms with Crippen LogP contribution >= 0.6 is 0 Å². The quantitative estimate of drug-likeness (QED) is 0.797. The summed E-state index contributed by atoms with van der Waals surface area (Å²) in [6, 6.07) is 0. The van der Waals surface area contributed by atoms with Crippen molar-refractivity contribution in [2.75, 3.05) is 45.9 Å². The molecule has 0 aromatic heterocycles. The van der Waals surface area contributed by atoms with Crippen molar-refractivity contribution in [1.82, 2.24) is 9.80 Å². The zero-order valence-electron chi connectivity index (χ0n) is 13.6. The highest BCUT2D eigenvalue weighted by Crippen LogP contribution is 2.28. The van der Waals surface area contributed by atoms with Crippen molar-refractivity contribution in [3.05, 3.63) is 0 Å². The largest absolute Gasteiger partial charge is 0.377 e. The van der Waals surface area contributed by atoms with Gasteiger partial charge >= 0.3 is 0 Å². The Bertz CT molecular complexity index is 322. The summed E-state index contributed by atoms with van der Waals surface area (Å²) >= 11 is 0. The fourth-order valence-corrected chi connectivity index (χ4v) is 3.47. The van der Waals surface area contributed by atoms with Gasteiger partial charge < -0.3 is 15.4 Å². The number of nitrogens with zero attached hydrogens (tertiary/aromatic N) is 2. The number of carbonyl (C=O) groups excluding carboxylic acids is 1. The van der Waals surface area contributed by atoms with Gasteiger partial charge in [-0.25, -0.2) is 0 Å². The van der Waals surface area contributed by atoms with Gasteiger partial charge in [0, 0.05) is 45.9 Å². The van der Waals surface area contributed by atoms with Crippen molar-refractivity contribution < 1.29 is 9.53 Å². The van der Waals surface area contributed by atoms with Gasteiger partial charge in [-0.15, -0.1) is 0 Å². The van der Waals surface area contributed by atoms with Crippen LogP contribution in [0.2, 0.25) is 0 Å². The number of nitrogens with two attached hydrogens (primary N) is 1. The van der Waals surface area contributed by atoms with Gasteiger partial charge in [-0.3, -0.25) is 9.69 Å². The maximum Gasteiger partial charge on any atom is 0.230 e. The van der Waals surface area contributed by atoms with E-state index in [1.807, 2.05) is 4.90 Å². The van der Waals surface area contributed by atoms with E-state index in [1.165, 1.54) is 12.8 Å². The molecular formula is C16H31N3O2. The molecule has 0 aromatic rings. The summed E-state index contributed by atoms with van der Waals surface area (Å²) in [5.74, 6) is 0.256. The molecule has 0 aliphatic carbocycles. The molecule has 1 atom stereocenters. The molecule has 2 saturated heterocycles. The van der Waals surface area contributed by atoms with E-state index < -0.39 is 0 Å². The summed E-state index contributed by atoms with van der Waals surface area (Å²) in [5.41, 5.74) is 5.55. The van der Waals surface area contributed by atoms with E-state index in [4.69, 9.17) is 10.5 Å². The highest BCUT2D eigenvalue weighted by Gasteiger charge is 2.38. The Morgan fingerprint density at radius 1 is 1.24 bits per heavy atom. The lowest BCUT2D eigenvalue weighted by molar-refractivity contribution is -0.144. The van der Waals surface area contributed by atoms with Crippen LogP contribution < -0.4 is 5.73 Å². The zero-order valence-corrected chi connectivity index (χ0v) is 13.6. The second kappa shape index (κ2) is 7.56. The van der Waals surface area contributed by atoms with Gasteiger partial charge in [0.2, 0.25) is 5.91 Å². The van der Waals surface area contributed by atoms with Gasteiger partial charge in [-0.1, -0.05) is 13.8 Å². The van der Waals surface area contributed by atoms with Crippen LogP contribution in [0.3, 0.4) is 0 Å². The third-order valence-corrected chi connectivity index (χ3v) is 5.34. The maximum atomic E-state index is 12.8. The van der Waals surface area contributed by atoms with Crippen molar-refractivity contribution in [1.29, 1.82) is 0 Å². The van der Waals surface area contributed by atoms with Crippen LogP contribution in [0, 0.1) is 5.41 Å². The average Bonchev–Trinajstić information content (AvgIpc) is 3.03. The smallest absolute Gasteiger partial charge is 0.230 e. The van der Waals surface area contributed by atoms with Crippen molar-refractivity contribution >= 4 is 5.91 Å². The Hall–Kier alpha value is -0.650. The minimum absolute atomic E-state index is 0.256. The molecule has 122 valence electrons. The standard InChI is InChI=1S/C16H31N3O2/c1-3-16(4-2,13-17)15(20)19-9-7-18(8-10-19)12-14-6-5-11-21-14/h14H,3-13,17H2,1-2H3. The predicted molar refractivity (Wildman–Crippen MR) is 84.1 cm³/mol. The molecule has 1 amide bonds. The van der Waals surface area contributed by atoms with Crippen LogP contribution in [0.4, 0.5) is 0 Å². The van der Waals surface area contributed by atoms with Gasteiger partial charge in [0.15, 0.2) is 0 Å². The fourth-order valence-electron chi connectivity index (χ4n) is 3.47. The summed E-state index contributed by atoms with van der Waals surface area (Å²) in [6.07, 6.45) is 4.43. The number of carbonyl (C=O) groups is 1. The molecule has 0 saturated carbocycles. The molecule has 0 aromatic carbocycles. The minimum atomic E-state index is -0.350. The van der Waals surface area contributed by atoms with E-state index >= 15 is 0 Å². The lowest BCUT2D eigenvalue weighted by Crippen LogP contribution is -2.55. The number of piperazine rings is 1. The Morgan fingerprint density at radius 3 is 2.38 bits per heavy atom. The molecule has 2 aliphatic rings. The van der Waals surface area contributed by atoms with Crippen LogP contribution in [0.25, 0.3) is 0 Å². The Kier molecular flexibility index (Phi) is 6.02. The van der Waals surface area contributed by atoms with Crippen molar-refractivity contribution in [3.63, 3.8) is 0 Å². The average molecular weight is 297 g/mol. The monoisotopic (exact) mass is 297 g/mol. The van der Waals surface area contributed by atoms with Crippen LogP contribution in [0.15, 0.2) is 0 Å². The van der Waals surface area contributed by atoms with Crippen molar-refractivity contribution in [2.24, 2.45) is 11.1 Å². The highest BCUT2D eigenvalue weighted by atomic mass is 16.5. The van der Waals surface area contributed by atoms with E-state index in [0.29, 0.717) is 12.6 Å². The van der Waals surface area contributed by atoms with Crippen molar-refractivity contribution in [2.45, 2.75) is 45.6 Å². The second-order valence-corrected chi connectivity index (χ2v) is 6.42. The van der Waals surface area contributed by atoms with E-state index in [0.717, 1.165) is 52.2 Å². The molecule has 2 aliphatic heterocycles. The first-order chi connectivity index (χ1) is 10.1. The molecule has 2 fully saturated rings. The second-order valence-electron chi connectivity index (χ2n) is 6.42. The number of amides is 1. The number of hydrogen-bond acceptors (Lipinski definition) is 4. The molecule has 0 radical (unpaired) electrons. The summed E-state index contributed by atoms with van der Waals surface area (Å²) in [6.45, 7) is 10.1. The third-order valence-electron chi connectivity index (χ3n) is 5.34. The minimum Gasteiger partial charge on any atom is -0.377 e. The fraction of sp³-hybridized carbons (Fsp3) is 0.938. The molecule has 2 heterocycles. The summed E-state index contributed by atoms with van der Waals surface area (Å²) in [7, 11) is 0. The van der Waals surface area contributed by atoms with Crippen LogP contribution in [-0.4, -0.2) is 67.7 Å². The topological polar surface area (TPSA) is 58.8 Å². The Morgan fingerprint density at radius 2 is 1.90 bits per heavy atom. The summed E-state index contributed by atoms with van der Waals surface area (Å²) < 4.78 is 5.70. The molecule has 21 heavy (non-hydrogen) atoms. The summed E-state index contributed by atoms with van der Waals surface area (Å²) in [4.78, 5) is 17.2. The third kappa shape index (κ3) is 3.76. The lowest BCUT2D eigenvalue weighted by atomic mass is 9.81. The molecule has 5 heteroatoms. The Labute approximate surface area is 128 Å². The normalized spacial score (nSPS) is 24.5. The molecule has 2 rings (SSSR count). The Balaban J connectivity index is 1.83. The van der Waals surface area contributed by atoms with Crippen molar-refractivity contribution in [3.8, 4) is 0 Å². The van der Waals surface area contributed by atoms with Gasteiger partial charge in [-0.2, -0.15) is 0 Å². The lowest BCUT2D eigenvalue weighted by Gasteiger charge is -2.40. The molecular weight excluding hydrogens is 266 g/mol. The molecule has 1 unspecified atom stereocenters. The first-order valence-electron chi connectivity index (χ1n) is 8.48. The molecule has 0 bridgehead atoms. The van der Waals surface area contributed by atoms with Gasteiger partial charge in [-0.05, 0) is 25.7 Å². The van der Waals surface area contributed by atoms with Gasteiger partial charge in [0.05, 0.1) is 11.5 Å². The van der Waals surface area contributed by atoms with Crippen LogP contribution in [-0.2, 0) is 9.53 Å². The van der Waals surface area contributed by atoms with Crippen LogP contribution in [0.1, 0.15) is 39.5 Å². The summed E-state index contributed by atoms with van der Waals surface area (Å²) in [5, 5.41) is 0. The van der Waals surface area contributed by atoms with E-state index in [-0.39, 0.29) is 11.3 Å². The van der Waals surface area contributed by atoms with Gasteiger partial charge in [0.1, 0.15) is 0 Å². The molecule has 0 spiro atoms. The molecule has 5 nitrogen and oxygen atoms in total.